The Morgan fingerprint density at radius 2 is 2.10 bits per heavy atom. The van der Waals surface area contributed by atoms with Crippen molar-refractivity contribution in [3.63, 3.8) is 0 Å². The van der Waals surface area contributed by atoms with Crippen LogP contribution in [0.4, 0.5) is 0 Å². The average Bonchev–Trinajstić information content (AvgIpc) is 3.17. The first-order valence-corrected chi connectivity index (χ1v) is 10.8. The summed E-state index contributed by atoms with van der Waals surface area (Å²) in [6.45, 7) is 3.07. The van der Waals surface area contributed by atoms with Crippen LogP contribution in [0.25, 0.3) is 0 Å². The number of ether oxygens (including phenoxy) is 1. The van der Waals surface area contributed by atoms with E-state index >= 15 is 0 Å². The summed E-state index contributed by atoms with van der Waals surface area (Å²) in [7, 11) is 1.65. The Hall–Kier alpha value is -2.23. The Morgan fingerprint density at radius 3 is 2.87 bits per heavy atom. The molecule has 2 aliphatic rings. The van der Waals surface area contributed by atoms with Gasteiger partial charge in [-0.15, -0.1) is 0 Å². The minimum atomic E-state index is -0.171. The molecule has 3 atom stereocenters. The number of hydrogen-bond donors (Lipinski definition) is 4. The zero-order valence-corrected chi connectivity index (χ0v) is 18.2. The Balaban J connectivity index is 1.45. The number of benzene rings is 1. The van der Waals surface area contributed by atoms with Gasteiger partial charge in [-0.05, 0) is 30.6 Å². The lowest BCUT2D eigenvalue weighted by molar-refractivity contribution is -0.129. The summed E-state index contributed by atoms with van der Waals surface area (Å²) in [5, 5.41) is 13.0. The maximum Gasteiger partial charge on any atom is 0.237 e. The number of rotatable bonds is 9. The highest BCUT2D eigenvalue weighted by Gasteiger charge is 2.43. The smallest absolute Gasteiger partial charge is 0.237 e. The third kappa shape index (κ3) is 6.38. The molecular formula is C21H31N5O3S. The molecule has 3 rings (SSSR count). The normalized spacial score (nSPS) is 23.4. The van der Waals surface area contributed by atoms with Gasteiger partial charge in [-0.2, -0.15) is 0 Å². The highest BCUT2D eigenvalue weighted by atomic mass is 32.1. The summed E-state index contributed by atoms with van der Waals surface area (Å²) in [5.74, 6) is 0.0898. The molecule has 0 spiro atoms. The predicted octanol–water partition coefficient (Wildman–Crippen LogP) is 0.135. The standard InChI is InChI=1S/C21H31N5O3S/c1-29-10-9-22-21(30)25-16-11-18-20(28)24-13-17(26(18)14-16)7-8-19(27)23-12-15-5-3-2-4-6-15/h2-6,16-18H,7-14H2,1H3,(H,23,27)(H,24,28)(H2,22,25,30). The fourth-order valence-corrected chi connectivity index (χ4v) is 4.30. The molecular weight excluding hydrogens is 402 g/mol. The summed E-state index contributed by atoms with van der Waals surface area (Å²) < 4.78 is 5.01. The van der Waals surface area contributed by atoms with E-state index in [1.165, 1.54) is 0 Å². The molecule has 164 valence electrons. The fraction of sp³-hybridized carbons (Fsp3) is 0.571. The van der Waals surface area contributed by atoms with Gasteiger partial charge in [0.05, 0.1) is 12.6 Å². The van der Waals surface area contributed by atoms with Crippen molar-refractivity contribution in [2.45, 2.75) is 43.9 Å². The summed E-state index contributed by atoms with van der Waals surface area (Å²) >= 11 is 5.33. The van der Waals surface area contributed by atoms with Crippen molar-refractivity contribution in [3.8, 4) is 0 Å². The average molecular weight is 434 g/mol. The molecule has 1 aromatic carbocycles. The van der Waals surface area contributed by atoms with Crippen LogP contribution in [-0.2, 0) is 20.9 Å². The van der Waals surface area contributed by atoms with Gasteiger partial charge in [-0.25, -0.2) is 0 Å². The predicted molar refractivity (Wildman–Crippen MR) is 119 cm³/mol. The van der Waals surface area contributed by atoms with Crippen molar-refractivity contribution in [3.05, 3.63) is 35.9 Å². The zero-order chi connectivity index (χ0) is 21.3. The van der Waals surface area contributed by atoms with Gasteiger partial charge in [0, 0.05) is 51.8 Å². The number of carbonyl (C=O) groups excluding carboxylic acids is 2. The second-order valence-electron chi connectivity index (χ2n) is 7.74. The number of nitrogens with zero attached hydrogens (tertiary/aromatic N) is 1. The highest BCUT2D eigenvalue weighted by molar-refractivity contribution is 7.80. The largest absolute Gasteiger partial charge is 0.383 e. The number of piperazine rings is 1. The first kappa shape index (κ1) is 22.5. The maximum absolute atomic E-state index is 12.3. The summed E-state index contributed by atoms with van der Waals surface area (Å²) in [6.07, 6.45) is 1.85. The first-order chi connectivity index (χ1) is 14.6. The number of hydrogen-bond acceptors (Lipinski definition) is 5. The van der Waals surface area contributed by atoms with E-state index in [4.69, 9.17) is 17.0 Å². The van der Waals surface area contributed by atoms with Crippen molar-refractivity contribution >= 4 is 29.1 Å². The molecule has 2 fully saturated rings. The molecule has 30 heavy (non-hydrogen) atoms. The van der Waals surface area contributed by atoms with Crippen LogP contribution >= 0.6 is 12.2 Å². The monoisotopic (exact) mass is 433 g/mol. The van der Waals surface area contributed by atoms with Gasteiger partial charge in [-0.3, -0.25) is 14.5 Å². The Morgan fingerprint density at radius 1 is 1.30 bits per heavy atom. The molecule has 2 amide bonds. The molecule has 0 saturated carbocycles. The molecule has 1 aromatic rings. The molecule has 2 aliphatic heterocycles. The molecule has 0 aromatic heterocycles. The van der Waals surface area contributed by atoms with Crippen LogP contribution in [0.5, 0.6) is 0 Å². The number of nitrogens with one attached hydrogen (secondary N) is 4. The third-order valence-electron chi connectivity index (χ3n) is 5.59. The first-order valence-electron chi connectivity index (χ1n) is 10.4. The van der Waals surface area contributed by atoms with E-state index in [1.807, 2.05) is 30.3 Å². The lowest BCUT2D eigenvalue weighted by Crippen LogP contribution is -2.58. The molecule has 2 saturated heterocycles. The lowest BCUT2D eigenvalue weighted by atomic mass is 10.0. The minimum Gasteiger partial charge on any atom is -0.383 e. The topological polar surface area (TPSA) is 94.7 Å². The number of amides is 2. The zero-order valence-electron chi connectivity index (χ0n) is 17.4. The van der Waals surface area contributed by atoms with Crippen molar-refractivity contribution in [1.29, 1.82) is 0 Å². The van der Waals surface area contributed by atoms with E-state index in [9.17, 15) is 9.59 Å². The molecule has 0 aliphatic carbocycles. The van der Waals surface area contributed by atoms with E-state index < -0.39 is 0 Å². The maximum atomic E-state index is 12.3. The molecule has 0 radical (unpaired) electrons. The van der Waals surface area contributed by atoms with E-state index in [1.54, 1.807) is 7.11 Å². The molecule has 3 unspecified atom stereocenters. The van der Waals surface area contributed by atoms with Crippen molar-refractivity contribution in [2.24, 2.45) is 0 Å². The van der Waals surface area contributed by atoms with E-state index in [0.717, 1.165) is 12.1 Å². The second kappa shape index (κ2) is 11.2. The van der Waals surface area contributed by atoms with Gasteiger partial charge in [-0.1, -0.05) is 30.3 Å². The van der Waals surface area contributed by atoms with Crippen LogP contribution in [0, 0.1) is 0 Å². The molecule has 2 heterocycles. The molecule has 4 N–H and O–H groups in total. The van der Waals surface area contributed by atoms with Crippen LogP contribution in [-0.4, -0.2) is 73.3 Å². The highest BCUT2D eigenvalue weighted by Crippen LogP contribution is 2.25. The van der Waals surface area contributed by atoms with Crippen molar-refractivity contribution < 1.29 is 14.3 Å². The van der Waals surface area contributed by atoms with Gasteiger partial charge >= 0.3 is 0 Å². The summed E-state index contributed by atoms with van der Waals surface area (Å²) in [6, 6.07) is 9.95. The van der Waals surface area contributed by atoms with Crippen LogP contribution in [0.1, 0.15) is 24.8 Å². The molecule has 8 nitrogen and oxygen atoms in total. The van der Waals surface area contributed by atoms with E-state index in [-0.39, 0.29) is 29.9 Å². The van der Waals surface area contributed by atoms with Crippen LogP contribution in [0.15, 0.2) is 30.3 Å². The fourth-order valence-electron chi connectivity index (χ4n) is 4.03. The van der Waals surface area contributed by atoms with Crippen LogP contribution in [0.3, 0.4) is 0 Å². The van der Waals surface area contributed by atoms with E-state index in [2.05, 4.69) is 26.2 Å². The van der Waals surface area contributed by atoms with E-state index in [0.29, 0.717) is 50.6 Å². The Kier molecular flexibility index (Phi) is 8.41. The molecule has 9 heteroatoms. The van der Waals surface area contributed by atoms with Gasteiger partial charge in [0.15, 0.2) is 5.11 Å². The SMILES string of the molecule is COCCNC(=S)NC1CC2C(=O)NCC(CCC(=O)NCc3ccccc3)N2C1. The van der Waals surface area contributed by atoms with Gasteiger partial charge in [0.2, 0.25) is 11.8 Å². The third-order valence-corrected chi connectivity index (χ3v) is 5.85. The summed E-state index contributed by atoms with van der Waals surface area (Å²) in [4.78, 5) is 26.8. The van der Waals surface area contributed by atoms with Crippen LogP contribution < -0.4 is 21.3 Å². The number of carbonyl (C=O) groups is 2. The second-order valence-corrected chi connectivity index (χ2v) is 8.15. The number of fused-ring (bicyclic) bond motifs is 1. The van der Waals surface area contributed by atoms with Crippen LogP contribution in [0.2, 0.25) is 0 Å². The minimum absolute atomic E-state index is 0.0321. The summed E-state index contributed by atoms with van der Waals surface area (Å²) in [5.41, 5.74) is 1.08. The number of thiocarbonyl (C=S) groups is 1. The van der Waals surface area contributed by atoms with Crippen molar-refractivity contribution in [1.82, 2.24) is 26.2 Å². The Bertz CT molecular complexity index is 733. The van der Waals surface area contributed by atoms with Gasteiger partial charge < -0.3 is 26.0 Å². The Labute approximate surface area is 183 Å². The lowest BCUT2D eigenvalue weighted by Gasteiger charge is -2.37. The number of methoxy groups -OCH3 is 1. The van der Waals surface area contributed by atoms with Crippen molar-refractivity contribution in [2.75, 3.05) is 33.4 Å². The quantitative estimate of drug-likeness (QED) is 0.325. The molecule has 0 bridgehead atoms. The van der Waals surface area contributed by atoms with Gasteiger partial charge in [0.1, 0.15) is 0 Å². The van der Waals surface area contributed by atoms with Gasteiger partial charge in [0.25, 0.3) is 0 Å².